The lowest BCUT2D eigenvalue weighted by molar-refractivity contribution is -0.131. The number of carbonyl (C=O) groups is 2. The van der Waals surface area contributed by atoms with E-state index in [-0.39, 0.29) is 5.75 Å². The van der Waals surface area contributed by atoms with Gasteiger partial charge in [-0.3, -0.25) is 20.4 Å². The number of ether oxygens (including phenoxy) is 1. The minimum absolute atomic E-state index is 0.0546. The van der Waals surface area contributed by atoms with E-state index in [9.17, 15) is 14.0 Å². The van der Waals surface area contributed by atoms with Gasteiger partial charge < -0.3 is 4.74 Å². The minimum Gasteiger partial charge on any atom is -0.478 e. The van der Waals surface area contributed by atoms with Crippen LogP contribution in [0.5, 0.6) is 5.75 Å². The highest BCUT2D eigenvalue weighted by Crippen LogP contribution is 2.23. The number of halogens is 3. The summed E-state index contributed by atoms with van der Waals surface area (Å²) in [6.45, 7) is 1.43. The van der Waals surface area contributed by atoms with Crippen molar-refractivity contribution >= 4 is 41.1 Å². The third-order valence-corrected chi connectivity index (χ3v) is 3.93. The molecule has 0 aliphatic carbocycles. The molecule has 0 heterocycles. The van der Waals surface area contributed by atoms with Crippen LogP contribution in [0.3, 0.4) is 0 Å². The first-order chi connectivity index (χ1) is 12.4. The fourth-order valence-electron chi connectivity index (χ4n) is 1.84. The summed E-state index contributed by atoms with van der Waals surface area (Å²) < 4.78 is 18.7. The summed E-state index contributed by atoms with van der Waals surface area (Å²) >= 11 is 11.7. The minimum atomic E-state index is -1.01. The van der Waals surface area contributed by atoms with Gasteiger partial charge in [-0.25, -0.2) is 4.39 Å². The van der Waals surface area contributed by atoms with Crippen LogP contribution >= 0.6 is 23.2 Å². The van der Waals surface area contributed by atoms with Gasteiger partial charge >= 0.3 is 0 Å². The van der Waals surface area contributed by atoms with Crippen LogP contribution < -0.4 is 15.6 Å². The van der Waals surface area contributed by atoms with Gasteiger partial charge in [-0.2, -0.15) is 0 Å². The maximum absolute atomic E-state index is 13.5. The number of amides is 2. The third kappa shape index (κ3) is 5.75. The van der Waals surface area contributed by atoms with Crippen LogP contribution in [0.15, 0.2) is 48.5 Å². The zero-order valence-corrected chi connectivity index (χ0v) is 15.1. The van der Waals surface area contributed by atoms with Gasteiger partial charge in [0.2, 0.25) is 0 Å². The van der Waals surface area contributed by atoms with Crippen molar-refractivity contribution in [3.8, 4) is 5.75 Å². The normalized spacial score (nSPS) is 11.8. The summed E-state index contributed by atoms with van der Waals surface area (Å²) in [5.41, 5.74) is 5.06. The van der Waals surface area contributed by atoms with Crippen molar-refractivity contribution in [3.05, 3.63) is 70.0 Å². The monoisotopic (exact) mass is 396 g/mol. The first kappa shape index (κ1) is 19.8. The fourth-order valence-corrected chi connectivity index (χ4v) is 2.15. The van der Waals surface area contributed by atoms with Gasteiger partial charge in [-0.15, -0.1) is 0 Å². The molecule has 136 valence electrons. The smallest absolute Gasteiger partial charge is 0.279 e. The van der Waals surface area contributed by atoms with Crippen LogP contribution in [-0.2, 0) is 9.59 Å². The van der Waals surface area contributed by atoms with E-state index in [0.717, 1.165) is 0 Å². The molecule has 2 amide bonds. The Morgan fingerprint density at radius 1 is 1.12 bits per heavy atom. The van der Waals surface area contributed by atoms with Gasteiger partial charge in [0.05, 0.1) is 10.0 Å². The Morgan fingerprint density at radius 2 is 1.85 bits per heavy atom. The quantitative estimate of drug-likeness (QED) is 0.597. The summed E-state index contributed by atoms with van der Waals surface area (Å²) in [6, 6.07) is 10.6. The number of hydrazine groups is 1. The Hall–Kier alpha value is -2.57. The maximum atomic E-state index is 13.5. The van der Waals surface area contributed by atoms with E-state index in [1.807, 2.05) is 0 Å². The molecule has 0 fully saturated rings. The summed E-state index contributed by atoms with van der Waals surface area (Å²) in [5, 5.41) is 0.769. The van der Waals surface area contributed by atoms with Crippen molar-refractivity contribution in [3.63, 3.8) is 0 Å². The Morgan fingerprint density at radius 3 is 2.54 bits per heavy atom. The maximum Gasteiger partial charge on any atom is 0.279 e. The molecule has 5 nitrogen and oxygen atoms in total. The largest absolute Gasteiger partial charge is 0.478 e. The SMILES string of the molecule is C[C@@H](Oc1ccccc1F)C(=O)NNC(=O)/C=C/c1ccc(Cl)c(Cl)c1. The molecule has 8 heteroatoms. The van der Waals surface area contributed by atoms with Gasteiger partial charge in [0.1, 0.15) is 0 Å². The van der Waals surface area contributed by atoms with Gasteiger partial charge in [0.15, 0.2) is 17.7 Å². The van der Waals surface area contributed by atoms with Crippen LogP contribution in [0.4, 0.5) is 4.39 Å². The molecule has 2 N–H and O–H groups in total. The van der Waals surface area contributed by atoms with E-state index in [1.54, 1.807) is 24.3 Å². The van der Waals surface area contributed by atoms with Crippen molar-refractivity contribution in [1.82, 2.24) is 10.9 Å². The van der Waals surface area contributed by atoms with Crippen LogP contribution in [-0.4, -0.2) is 17.9 Å². The van der Waals surface area contributed by atoms with Gasteiger partial charge in [0.25, 0.3) is 11.8 Å². The Kier molecular flexibility index (Phi) is 7.00. The number of nitrogens with one attached hydrogen (secondary N) is 2. The lowest BCUT2D eigenvalue weighted by Gasteiger charge is -2.15. The standard InChI is InChI=1S/C18H15Cl2FN2O3/c1-11(26-16-5-3-2-4-15(16)21)18(25)23-22-17(24)9-7-12-6-8-13(19)14(20)10-12/h2-11H,1H3,(H,22,24)(H,23,25)/b9-7+/t11-/m1/s1. The topological polar surface area (TPSA) is 67.4 Å². The highest BCUT2D eigenvalue weighted by atomic mass is 35.5. The molecule has 0 aromatic heterocycles. The first-order valence-electron chi connectivity index (χ1n) is 7.51. The molecule has 0 bridgehead atoms. The second-order valence-electron chi connectivity index (χ2n) is 5.18. The number of benzene rings is 2. The highest BCUT2D eigenvalue weighted by Gasteiger charge is 2.16. The molecular formula is C18H15Cl2FN2O3. The van der Waals surface area contributed by atoms with Crippen LogP contribution in [0.25, 0.3) is 6.08 Å². The summed E-state index contributed by atoms with van der Waals surface area (Å²) in [5.74, 6) is -1.84. The molecular weight excluding hydrogens is 382 g/mol. The van der Waals surface area contributed by atoms with Gasteiger partial charge in [0, 0.05) is 6.08 Å². The number of carbonyl (C=O) groups excluding carboxylic acids is 2. The van der Waals surface area contributed by atoms with E-state index in [1.165, 1.54) is 37.3 Å². The van der Waals surface area contributed by atoms with Crippen molar-refractivity contribution in [2.45, 2.75) is 13.0 Å². The number of hydrogen-bond acceptors (Lipinski definition) is 3. The van der Waals surface area contributed by atoms with Crippen molar-refractivity contribution in [1.29, 1.82) is 0 Å². The highest BCUT2D eigenvalue weighted by molar-refractivity contribution is 6.42. The molecule has 0 aliphatic rings. The predicted octanol–water partition coefficient (Wildman–Crippen LogP) is 3.76. The number of rotatable bonds is 5. The molecule has 0 radical (unpaired) electrons. The van der Waals surface area contributed by atoms with Crippen molar-refractivity contribution in [2.75, 3.05) is 0 Å². The van der Waals surface area contributed by atoms with Crippen LogP contribution in [0.2, 0.25) is 10.0 Å². The van der Waals surface area contributed by atoms with Crippen molar-refractivity contribution in [2.24, 2.45) is 0 Å². The zero-order valence-electron chi connectivity index (χ0n) is 13.6. The molecule has 0 saturated heterocycles. The fraction of sp³-hybridized carbons (Fsp3) is 0.111. The molecule has 2 aromatic rings. The molecule has 0 unspecified atom stereocenters. The second-order valence-corrected chi connectivity index (χ2v) is 5.99. The Balaban J connectivity index is 1.84. The molecule has 2 rings (SSSR count). The predicted molar refractivity (Wildman–Crippen MR) is 98.3 cm³/mol. The molecule has 0 aliphatic heterocycles. The Bertz CT molecular complexity index is 843. The average molecular weight is 397 g/mol. The lowest BCUT2D eigenvalue weighted by Crippen LogP contribution is -2.46. The van der Waals surface area contributed by atoms with Crippen LogP contribution in [0.1, 0.15) is 12.5 Å². The van der Waals surface area contributed by atoms with Crippen LogP contribution in [0, 0.1) is 5.82 Å². The van der Waals surface area contributed by atoms with E-state index >= 15 is 0 Å². The summed E-state index contributed by atoms with van der Waals surface area (Å²) in [6.07, 6.45) is 1.71. The molecule has 26 heavy (non-hydrogen) atoms. The summed E-state index contributed by atoms with van der Waals surface area (Å²) in [4.78, 5) is 23.6. The number of hydrogen-bond donors (Lipinski definition) is 2. The van der Waals surface area contributed by atoms with E-state index in [2.05, 4.69) is 10.9 Å². The van der Waals surface area contributed by atoms with Gasteiger partial charge in [-0.1, -0.05) is 41.4 Å². The van der Waals surface area contributed by atoms with E-state index < -0.39 is 23.7 Å². The lowest BCUT2D eigenvalue weighted by atomic mass is 10.2. The van der Waals surface area contributed by atoms with E-state index in [4.69, 9.17) is 27.9 Å². The first-order valence-corrected chi connectivity index (χ1v) is 8.26. The van der Waals surface area contributed by atoms with E-state index in [0.29, 0.717) is 15.6 Å². The average Bonchev–Trinajstić information content (AvgIpc) is 2.62. The zero-order chi connectivity index (χ0) is 19.1. The Labute approximate surface area is 159 Å². The van der Waals surface area contributed by atoms with Crippen molar-refractivity contribution < 1.29 is 18.7 Å². The summed E-state index contributed by atoms with van der Waals surface area (Å²) in [7, 11) is 0. The molecule has 2 aromatic carbocycles. The molecule has 1 atom stereocenters. The third-order valence-electron chi connectivity index (χ3n) is 3.19. The number of para-hydroxylation sites is 1. The molecule has 0 saturated carbocycles. The van der Waals surface area contributed by atoms with Gasteiger partial charge in [-0.05, 0) is 42.8 Å². The second kappa shape index (κ2) is 9.22. The molecule has 0 spiro atoms.